The Bertz CT molecular complexity index is 311. The highest BCUT2D eigenvalue weighted by Crippen LogP contribution is 2.27. The average Bonchev–Trinajstić information content (AvgIpc) is 2.40. The van der Waals surface area contributed by atoms with Crippen LogP contribution < -0.4 is 11.1 Å². The first-order chi connectivity index (χ1) is 9.01. The highest BCUT2D eigenvalue weighted by molar-refractivity contribution is 5.86. The standard InChI is InChI=1S/C15H29N3O/c1-18(2)13-8-6-7-12(11-13)17-14(19)15(16)9-4-3-5-10-15/h12-13H,3-11,16H2,1-2H3,(H,17,19). The molecule has 19 heavy (non-hydrogen) atoms. The highest BCUT2D eigenvalue weighted by Gasteiger charge is 2.37. The summed E-state index contributed by atoms with van der Waals surface area (Å²) in [6.45, 7) is 0. The molecule has 2 unspecified atom stereocenters. The molecule has 110 valence electrons. The van der Waals surface area contributed by atoms with Crippen LogP contribution in [0.3, 0.4) is 0 Å². The lowest BCUT2D eigenvalue weighted by atomic mass is 9.81. The van der Waals surface area contributed by atoms with Crippen LogP contribution in [0.2, 0.25) is 0 Å². The molecule has 2 rings (SSSR count). The van der Waals surface area contributed by atoms with Crippen molar-refractivity contribution in [2.24, 2.45) is 5.73 Å². The SMILES string of the molecule is CN(C)C1CCCC(NC(=O)C2(N)CCCCC2)C1. The second-order valence-electron chi connectivity index (χ2n) is 6.67. The maximum absolute atomic E-state index is 12.4. The zero-order chi connectivity index (χ0) is 13.9. The molecule has 1 amide bonds. The molecular weight excluding hydrogens is 238 g/mol. The second-order valence-corrected chi connectivity index (χ2v) is 6.67. The molecule has 0 aromatic rings. The molecule has 2 aliphatic carbocycles. The lowest BCUT2D eigenvalue weighted by Gasteiger charge is -2.37. The van der Waals surface area contributed by atoms with Gasteiger partial charge in [0, 0.05) is 12.1 Å². The van der Waals surface area contributed by atoms with Gasteiger partial charge in [-0.05, 0) is 52.6 Å². The van der Waals surface area contributed by atoms with Gasteiger partial charge in [0.15, 0.2) is 0 Å². The molecule has 0 aromatic heterocycles. The van der Waals surface area contributed by atoms with Crippen LogP contribution in [0.5, 0.6) is 0 Å². The number of rotatable bonds is 3. The molecule has 0 heterocycles. The van der Waals surface area contributed by atoms with E-state index in [4.69, 9.17) is 5.73 Å². The van der Waals surface area contributed by atoms with E-state index in [0.29, 0.717) is 12.1 Å². The molecule has 0 aliphatic heterocycles. The summed E-state index contributed by atoms with van der Waals surface area (Å²) in [5.41, 5.74) is 5.70. The van der Waals surface area contributed by atoms with Crippen molar-refractivity contribution in [2.75, 3.05) is 14.1 Å². The molecule has 2 atom stereocenters. The number of hydrogen-bond acceptors (Lipinski definition) is 3. The fourth-order valence-electron chi connectivity index (χ4n) is 3.50. The molecule has 0 spiro atoms. The minimum atomic E-state index is -0.594. The molecule has 2 saturated carbocycles. The summed E-state index contributed by atoms with van der Waals surface area (Å²) in [5.74, 6) is 0.0941. The van der Waals surface area contributed by atoms with Gasteiger partial charge in [-0.2, -0.15) is 0 Å². The van der Waals surface area contributed by atoms with Gasteiger partial charge in [-0.15, -0.1) is 0 Å². The van der Waals surface area contributed by atoms with Crippen LogP contribution in [-0.4, -0.2) is 42.5 Å². The van der Waals surface area contributed by atoms with Crippen molar-refractivity contribution in [1.82, 2.24) is 10.2 Å². The first-order valence-electron chi connectivity index (χ1n) is 7.77. The number of nitrogens with one attached hydrogen (secondary N) is 1. The molecule has 4 heteroatoms. The summed E-state index contributed by atoms with van der Waals surface area (Å²) >= 11 is 0. The van der Waals surface area contributed by atoms with Gasteiger partial charge in [-0.25, -0.2) is 0 Å². The van der Waals surface area contributed by atoms with Crippen LogP contribution in [0, 0.1) is 0 Å². The molecular formula is C15H29N3O. The lowest BCUT2D eigenvalue weighted by molar-refractivity contribution is -0.128. The van der Waals surface area contributed by atoms with E-state index in [1.807, 2.05) is 0 Å². The topological polar surface area (TPSA) is 58.4 Å². The Morgan fingerprint density at radius 3 is 2.47 bits per heavy atom. The zero-order valence-electron chi connectivity index (χ0n) is 12.5. The quantitative estimate of drug-likeness (QED) is 0.817. The fraction of sp³-hybridized carbons (Fsp3) is 0.933. The molecule has 3 N–H and O–H groups in total. The first kappa shape index (κ1) is 14.8. The average molecular weight is 267 g/mol. The van der Waals surface area contributed by atoms with Crippen molar-refractivity contribution >= 4 is 5.91 Å². The van der Waals surface area contributed by atoms with E-state index in [-0.39, 0.29) is 5.91 Å². The minimum Gasteiger partial charge on any atom is -0.352 e. The van der Waals surface area contributed by atoms with Gasteiger partial charge in [-0.3, -0.25) is 4.79 Å². The van der Waals surface area contributed by atoms with Crippen molar-refractivity contribution < 1.29 is 4.79 Å². The number of carbonyl (C=O) groups is 1. The van der Waals surface area contributed by atoms with Gasteiger partial charge in [-0.1, -0.05) is 19.3 Å². The normalized spacial score (nSPS) is 31.2. The van der Waals surface area contributed by atoms with Crippen molar-refractivity contribution in [3.63, 3.8) is 0 Å². The summed E-state index contributed by atoms with van der Waals surface area (Å²) in [6.07, 6.45) is 9.72. The van der Waals surface area contributed by atoms with Crippen molar-refractivity contribution in [2.45, 2.75) is 75.4 Å². The van der Waals surface area contributed by atoms with Gasteiger partial charge in [0.2, 0.25) is 5.91 Å². The number of nitrogens with two attached hydrogens (primary N) is 1. The summed E-state index contributed by atoms with van der Waals surface area (Å²) in [6, 6.07) is 0.912. The Balaban J connectivity index is 1.87. The maximum Gasteiger partial charge on any atom is 0.240 e. The van der Waals surface area contributed by atoms with Crippen LogP contribution in [-0.2, 0) is 4.79 Å². The molecule has 0 aromatic carbocycles. The fourth-order valence-corrected chi connectivity index (χ4v) is 3.50. The Morgan fingerprint density at radius 1 is 1.16 bits per heavy atom. The van der Waals surface area contributed by atoms with E-state index >= 15 is 0 Å². The number of carbonyl (C=O) groups excluding carboxylic acids is 1. The van der Waals surface area contributed by atoms with E-state index < -0.39 is 5.54 Å². The third-order valence-corrected chi connectivity index (χ3v) is 4.91. The van der Waals surface area contributed by atoms with E-state index in [2.05, 4.69) is 24.3 Å². The molecule has 0 bridgehead atoms. The summed E-state index contributed by atoms with van der Waals surface area (Å²) in [5, 5.41) is 3.22. The monoisotopic (exact) mass is 267 g/mol. The lowest BCUT2D eigenvalue weighted by Crippen LogP contribution is -2.58. The van der Waals surface area contributed by atoms with Crippen LogP contribution in [0.4, 0.5) is 0 Å². The van der Waals surface area contributed by atoms with E-state index in [9.17, 15) is 4.79 Å². The highest BCUT2D eigenvalue weighted by atomic mass is 16.2. The van der Waals surface area contributed by atoms with Gasteiger partial charge in [0.25, 0.3) is 0 Å². The molecule has 2 aliphatic rings. The number of nitrogens with zero attached hydrogens (tertiary/aromatic N) is 1. The molecule has 4 nitrogen and oxygen atoms in total. The van der Waals surface area contributed by atoms with Crippen LogP contribution in [0.15, 0.2) is 0 Å². The third-order valence-electron chi connectivity index (χ3n) is 4.91. The van der Waals surface area contributed by atoms with E-state index in [1.165, 1.54) is 19.3 Å². The van der Waals surface area contributed by atoms with Crippen LogP contribution in [0.25, 0.3) is 0 Å². The second kappa shape index (κ2) is 6.23. The first-order valence-corrected chi connectivity index (χ1v) is 7.77. The smallest absolute Gasteiger partial charge is 0.240 e. The third kappa shape index (κ3) is 3.69. The predicted molar refractivity (Wildman–Crippen MR) is 77.9 cm³/mol. The minimum absolute atomic E-state index is 0.0941. The van der Waals surface area contributed by atoms with E-state index in [0.717, 1.165) is 38.5 Å². The summed E-state index contributed by atoms with van der Waals surface area (Å²) in [4.78, 5) is 14.7. The van der Waals surface area contributed by atoms with Gasteiger partial charge >= 0.3 is 0 Å². The van der Waals surface area contributed by atoms with Crippen molar-refractivity contribution in [3.8, 4) is 0 Å². The van der Waals surface area contributed by atoms with Gasteiger partial charge in [0.1, 0.15) is 0 Å². The van der Waals surface area contributed by atoms with E-state index in [1.54, 1.807) is 0 Å². The van der Waals surface area contributed by atoms with Crippen molar-refractivity contribution in [3.05, 3.63) is 0 Å². The van der Waals surface area contributed by atoms with Crippen LogP contribution >= 0.6 is 0 Å². The number of amides is 1. The predicted octanol–water partition coefficient (Wildman–Crippen LogP) is 1.64. The van der Waals surface area contributed by atoms with Crippen molar-refractivity contribution in [1.29, 1.82) is 0 Å². The summed E-state index contributed by atoms with van der Waals surface area (Å²) < 4.78 is 0. The summed E-state index contributed by atoms with van der Waals surface area (Å²) in [7, 11) is 4.25. The molecule has 0 radical (unpaired) electrons. The Morgan fingerprint density at radius 2 is 1.84 bits per heavy atom. The largest absolute Gasteiger partial charge is 0.352 e. The Kier molecular flexibility index (Phi) is 4.85. The number of hydrogen-bond donors (Lipinski definition) is 2. The molecule has 0 saturated heterocycles. The molecule has 2 fully saturated rings. The van der Waals surface area contributed by atoms with Gasteiger partial charge in [0.05, 0.1) is 5.54 Å². The zero-order valence-corrected chi connectivity index (χ0v) is 12.5. The Hall–Kier alpha value is -0.610. The van der Waals surface area contributed by atoms with Gasteiger partial charge < -0.3 is 16.0 Å². The Labute approximate surface area is 117 Å². The van der Waals surface area contributed by atoms with Crippen LogP contribution in [0.1, 0.15) is 57.8 Å². The maximum atomic E-state index is 12.4.